The molecule has 0 bridgehead atoms. The first-order valence-electron chi connectivity index (χ1n) is 8.29. The number of hydrogen-bond acceptors (Lipinski definition) is 6. The second-order valence-corrected chi connectivity index (χ2v) is 8.30. The van der Waals surface area contributed by atoms with Gasteiger partial charge in [-0.3, -0.25) is 0 Å². The van der Waals surface area contributed by atoms with E-state index < -0.39 is 10.0 Å². The Morgan fingerprint density at radius 2 is 1.96 bits per heavy atom. The molecule has 0 N–H and O–H groups in total. The van der Waals surface area contributed by atoms with Crippen molar-refractivity contribution in [3.63, 3.8) is 0 Å². The predicted octanol–water partition coefficient (Wildman–Crippen LogP) is 2.04. The monoisotopic (exact) mass is 379 g/mol. The molecule has 138 valence electrons. The smallest absolute Gasteiger partial charge is 0.278 e. The predicted molar refractivity (Wildman–Crippen MR) is 89.7 cm³/mol. The van der Waals surface area contributed by atoms with Gasteiger partial charge in [-0.05, 0) is 36.8 Å². The molecule has 1 fully saturated rings. The fraction of sp³-hybridized carbons (Fsp3) is 0.438. The van der Waals surface area contributed by atoms with Gasteiger partial charge in [0.25, 0.3) is 15.1 Å². The lowest BCUT2D eigenvalue weighted by molar-refractivity contribution is 0.306. The van der Waals surface area contributed by atoms with Crippen LogP contribution >= 0.6 is 0 Å². The highest BCUT2D eigenvalue weighted by Crippen LogP contribution is 2.33. The molecule has 1 aliphatic rings. The first-order valence-corrected chi connectivity index (χ1v) is 9.73. The van der Waals surface area contributed by atoms with Crippen molar-refractivity contribution < 1.29 is 17.2 Å². The molecule has 0 spiro atoms. The third kappa shape index (κ3) is 2.69. The maximum absolute atomic E-state index is 14.5. The SMILES string of the molecule is Cc1ncc(S(=O)(=O)N2CCC(c3cn4ncnc4c(F)c3C)CC2)o1. The number of aryl methyl sites for hydroxylation is 1. The topological polar surface area (TPSA) is 93.6 Å². The Labute approximate surface area is 149 Å². The van der Waals surface area contributed by atoms with Crippen molar-refractivity contribution in [3.8, 4) is 0 Å². The first-order chi connectivity index (χ1) is 12.4. The van der Waals surface area contributed by atoms with E-state index in [1.807, 2.05) is 0 Å². The first kappa shape index (κ1) is 17.1. The number of piperidine rings is 1. The van der Waals surface area contributed by atoms with Crippen LogP contribution in [0.4, 0.5) is 4.39 Å². The Balaban J connectivity index is 1.56. The summed E-state index contributed by atoms with van der Waals surface area (Å²) in [5, 5.41) is 3.87. The number of aromatic nitrogens is 4. The van der Waals surface area contributed by atoms with E-state index in [4.69, 9.17) is 4.42 Å². The van der Waals surface area contributed by atoms with Crippen LogP contribution in [-0.2, 0) is 10.0 Å². The zero-order chi connectivity index (χ0) is 18.5. The summed E-state index contributed by atoms with van der Waals surface area (Å²) in [6.07, 6.45) is 5.51. The molecule has 3 aromatic rings. The Hall–Kier alpha value is -2.33. The molecule has 8 nitrogen and oxygen atoms in total. The van der Waals surface area contributed by atoms with Crippen molar-refractivity contribution in [2.24, 2.45) is 0 Å². The van der Waals surface area contributed by atoms with Crippen molar-refractivity contribution in [1.29, 1.82) is 0 Å². The molecule has 0 saturated carbocycles. The molecule has 1 aliphatic heterocycles. The lowest BCUT2D eigenvalue weighted by Gasteiger charge is -2.31. The van der Waals surface area contributed by atoms with Crippen LogP contribution < -0.4 is 0 Å². The second kappa shape index (κ2) is 6.13. The lowest BCUT2D eigenvalue weighted by atomic mass is 9.88. The van der Waals surface area contributed by atoms with Crippen LogP contribution in [0.15, 0.2) is 28.2 Å². The molecule has 0 aliphatic carbocycles. The van der Waals surface area contributed by atoms with E-state index in [-0.39, 0.29) is 22.5 Å². The van der Waals surface area contributed by atoms with Gasteiger partial charge >= 0.3 is 0 Å². The summed E-state index contributed by atoms with van der Waals surface area (Å²) < 4.78 is 47.7. The molecule has 0 unspecified atom stereocenters. The van der Waals surface area contributed by atoms with E-state index in [9.17, 15) is 12.8 Å². The number of rotatable bonds is 3. The van der Waals surface area contributed by atoms with E-state index in [1.165, 1.54) is 21.3 Å². The third-order valence-electron chi connectivity index (χ3n) is 4.88. The van der Waals surface area contributed by atoms with Crippen molar-refractivity contribution >= 4 is 15.7 Å². The van der Waals surface area contributed by atoms with Crippen LogP contribution in [0, 0.1) is 19.7 Å². The van der Waals surface area contributed by atoms with Gasteiger partial charge in [-0.2, -0.15) is 9.40 Å². The van der Waals surface area contributed by atoms with Crippen molar-refractivity contribution in [2.45, 2.75) is 37.7 Å². The fourth-order valence-corrected chi connectivity index (χ4v) is 4.79. The number of nitrogens with zero attached hydrogens (tertiary/aromatic N) is 5. The summed E-state index contributed by atoms with van der Waals surface area (Å²) in [6, 6.07) is 0. The molecule has 26 heavy (non-hydrogen) atoms. The van der Waals surface area contributed by atoms with Gasteiger partial charge in [-0.15, -0.1) is 0 Å². The summed E-state index contributed by atoms with van der Waals surface area (Å²) in [5.74, 6) is -0.0149. The average molecular weight is 379 g/mol. The molecular formula is C16H18FN5O3S. The minimum absolute atomic E-state index is 0.0565. The van der Waals surface area contributed by atoms with Gasteiger partial charge in [0.2, 0.25) is 0 Å². The Morgan fingerprint density at radius 1 is 1.23 bits per heavy atom. The molecule has 4 rings (SSSR count). The molecule has 0 aromatic carbocycles. The molecule has 1 saturated heterocycles. The zero-order valence-corrected chi connectivity index (χ0v) is 15.2. The van der Waals surface area contributed by atoms with E-state index in [0.717, 1.165) is 5.56 Å². The molecule has 3 aromatic heterocycles. The van der Waals surface area contributed by atoms with E-state index in [2.05, 4.69) is 15.1 Å². The maximum atomic E-state index is 14.5. The number of halogens is 1. The summed E-state index contributed by atoms with van der Waals surface area (Å²) >= 11 is 0. The molecule has 10 heteroatoms. The third-order valence-corrected chi connectivity index (χ3v) is 6.62. The van der Waals surface area contributed by atoms with Gasteiger partial charge in [0, 0.05) is 26.2 Å². The molecule has 0 radical (unpaired) electrons. The molecule has 0 amide bonds. The number of pyridine rings is 1. The van der Waals surface area contributed by atoms with Crippen LogP contribution in [0.2, 0.25) is 0 Å². The molecule has 4 heterocycles. The number of oxazole rings is 1. The van der Waals surface area contributed by atoms with Gasteiger partial charge < -0.3 is 4.42 Å². The summed E-state index contributed by atoms with van der Waals surface area (Å²) in [7, 11) is -3.69. The fourth-order valence-electron chi connectivity index (χ4n) is 3.43. The van der Waals surface area contributed by atoms with Crippen molar-refractivity contribution in [3.05, 3.63) is 41.6 Å². The Morgan fingerprint density at radius 3 is 2.62 bits per heavy atom. The van der Waals surface area contributed by atoms with E-state index in [0.29, 0.717) is 37.4 Å². The van der Waals surface area contributed by atoms with Crippen molar-refractivity contribution in [2.75, 3.05) is 13.1 Å². The van der Waals surface area contributed by atoms with E-state index >= 15 is 0 Å². The van der Waals surface area contributed by atoms with Gasteiger partial charge in [0.1, 0.15) is 6.33 Å². The minimum atomic E-state index is -3.69. The highest BCUT2D eigenvalue weighted by atomic mass is 32.2. The van der Waals surface area contributed by atoms with Crippen LogP contribution in [0.3, 0.4) is 0 Å². The summed E-state index contributed by atoms with van der Waals surface area (Å²) in [6.45, 7) is 4.00. The Bertz CT molecular complexity index is 1070. The number of fused-ring (bicyclic) bond motifs is 1. The summed E-state index contributed by atoms with van der Waals surface area (Å²) in [5.41, 5.74) is 1.58. The van der Waals surface area contributed by atoms with Crippen LogP contribution in [0.1, 0.15) is 35.8 Å². The standard InChI is InChI=1S/C16H18FN5O3S/c1-10-13(8-22-16(15(10)17)19-9-20-22)12-3-5-21(6-4-12)26(23,24)14-7-18-11(2)25-14/h7-9,12H,3-6H2,1-2H3. The Kier molecular flexibility index (Phi) is 4.03. The van der Waals surface area contributed by atoms with Gasteiger partial charge in [-0.25, -0.2) is 27.3 Å². The van der Waals surface area contributed by atoms with Crippen LogP contribution in [0.5, 0.6) is 0 Å². The molecule has 0 atom stereocenters. The maximum Gasteiger partial charge on any atom is 0.278 e. The van der Waals surface area contributed by atoms with Crippen LogP contribution in [-0.4, -0.2) is 45.4 Å². The number of hydrogen-bond donors (Lipinski definition) is 0. The van der Waals surface area contributed by atoms with Gasteiger partial charge in [-0.1, -0.05) is 0 Å². The zero-order valence-electron chi connectivity index (χ0n) is 14.4. The minimum Gasteiger partial charge on any atom is -0.428 e. The number of sulfonamides is 1. The summed E-state index contributed by atoms with van der Waals surface area (Å²) in [4.78, 5) is 7.77. The van der Waals surface area contributed by atoms with Crippen molar-refractivity contribution in [1.82, 2.24) is 23.9 Å². The van der Waals surface area contributed by atoms with Gasteiger partial charge in [0.15, 0.2) is 17.4 Å². The quantitative estimate of drug-likeness (QED) is 0.691. The normalized spacial score (nSPS) is 17.2. The largest absolute Gasteiger partial charge is 0.428 e. The average Bonchev–Trinajstić information content (AvgIpc) is 3.27. The van der Waals surface area contributed by atoms with Gasteiger partial charge in [0.05, 0.1) is 6.20 Å². The molecular weight excluding hydrogens is 361 g/mol. The lowest BCUT2D eigenvalue weighted by Crippen LogP contribution is -2.38. The van der Waals surface area contributed by atoms with E-state index in [1.54, 1.807) is 20.0 Å². The van der Waals surface area contributed by atoms with Crippen LogP contribution in [0.25, 0.3) is 5.65 Å². The highest BCUT2D eigenvalue weighted by Gasteiger charge is 2.33. The second-order valence-electron chi connectivity index (χ2n) is 6.43. The highest BCUT2D eigenvalue weighted by molar-refractivity contribution is 7.89.